The van der Waals surface area contributed by atoms with E-state index in [-0.39, 0.29) is 36.3 Å². The number of carbonyl (C=O) groups is 2. The molecule has 0 saturated heterocycles. The van der Waals surface area contributed by atoms with Crippen LogP contribution in [0, 0.1) is 0 Å². The molecule has 5 N–H and O–H groups in total. The van der Waals surface area contributed by atoms with Crippen molar-refractivity contribution in [1.82, 2.24) is 15.4 Å². The van der Waals surface area contributed by atoms with E-state index in [1.54, 1.807) is 31.2 Å². The van der Waals surface area contributed by atoms with Crippen molar-refractivity contribution in [1.29, 1.82) is 0 Å². The Bertz CT molecular complexity index is 1030. The summed E-state index contributed by atoms with van der Waals surface area (Å²) in [5.74, 6) is -0.204. The Balaban J connectivity index is 1.70. The highest BCUT2D eigenvalue weighted by molar-refractivity contribution is 5.97. The van der Waals surface area contributed by atoms with E-state index in [1.165, 1.54) is 6.33 Å². The Morgan fingerprint density at radius 1 is 1.00 bits per heavy atom. The zero-order valence-corrected chi connectivity index (χ0v) is 16.4. The van der Waals surface area contributed by atoms with Gasteiger partial charge in [-0.25, -0.2) is 14.8 Å². The fraction of sp³-hybridized carbons (Fsp3) is 0.143. The molecule has 0 aliphatic heterocycles. The van der Waals surface area contributed by atoms with Crippen molar-refractivity contribution >= 4 is 34.9 Å². The van der Waals surface area contributed by atoms with E-state index in [9.17, 15) is 9.59 Å². The quantitative estimate of drug-likeness (QED) is 0.332. The number of amides is 1. The number of carbonyl (C=O) groups excluding carboxylic acids is 2. The van der Waals surface area contributed by atoms with Gasteiger partial charge in [-0.3, -0.25) is 15.6 Å². The van der Waals surface area contributed by atoms with Crippen LogP contribution in [0.5, 0.6) is 0 Å². The second kappa shape index (κ2) is 9.87. The third kappa shape index (κ3) is 5.22. The van der Waals surface area contributed by atoms with Gasteiger partial charge in [-0.2, -0.15) is 0 Å². The van der Waals surface area contributed by atoms with Gasteiger partial charge in [0.1, 0.15) is 12.0 Å². The van der Waals surface area contributed by atoms with Gasteiger partial charge in [-0.05, 0) is 24.6 Å². The summed E-state index contributed by atoms with van der Waals surface area (Å²) in [7, 11) is 0. The van der Waals surface area contributed by atoms with E-state index in [2.05, 4.69) is 26.1 Å². The smallest absolute Gasteiger partial charge is 0.340 e. The first-order valence-corrected chi connectivity index (χ1v) is 9.31. The molecule has 9 heteroatoms. The minimum absolute atomic E-state index is 0.177. The molecule has 0 atom stereocenters. The average molecular weight is 406 g/mol. The molecule has 0 fully saturated rings. The Morgan fingerprint density at radius 2 is 1.70 bits per heavy atom. The maximum absolute atomic E-state index is 12.1. The lowest BCUT2D eigenvalue weighted by Crippen LogP contribution is -2.31. The van der Waals surface area contributed by atoms with Crippen molar-refractivity contribution in [2.45, 2.75) is 13.3 Å². The van der Waals surface area contributed by atoms with Gasteiger partial charge in [0.15, 0.2) is 11.6 Å². The van der Waals surface area contributed by atoms with Gasteiger partial charge >= 0.3 is 5.97 Å². The SMILES string of the molecule is CCOC(=O)c1ccccc1Nc1ncnc(NNC(=O)Cc2ccccc2)c1N. The third-order valence-electron chi connectivity index (χ3n) is 4.09. The van der Waals surface area contributed by atoms with Gasteiger partial charge in [0.05, 0.1) is 24.3 Å². The molecule has 0 bridgehead atoms. The van der Waals surface area contributed by atoms with Crippen molar-refractivity contribution < 1.29 is 14.3 Å². The molecule has 0 spiro atoms. The van der Waals surface area contributed by atoms with Crippen molar-refractivity contribution in [3.05, 3.63) is 72.1 Å². The van der Waals surface area contributed by atoms with Gasteiger partial charge in [0, 0.05) is 0 Å². The van der Waals surface area contributed by atoms with Crippen molar-refractivity contribution in [3.8, 4) is 0 Å². The highest BCUT2D eigenvalue weighted by Crippen LogP contribution is 2.27. The summed E-state index contributed by atoms with van der Waals surface area (Å²) in [5.41, 5.74) is 13.3. The zero-order chi connectivity index (χ0) is 21.3. The Kier molecular flexibility index (Phi) is 6.78. The van der Waals surface area contributed by atoms with Crippen LogP contribution < -0.4 is 21.9 Å². The Hall–Kier alpha value is -4.14. The maximum atomic E-state index is 12.1. The second-order valence-corrected chi connectivity index (χ2v) is 6.21. The standard InChI is InChI=1S/C21H22N6O3/c1-2-30-21(29)15-10-6-7-11-16(15)25-19-18(22)20(24-13-23-19)27-26-17(28)12-14-8-4-3-5-9-14/h3-11,13H,2,12,22H2,1H3,(H,26,28)(H2,23,24,25,27). The lowest BCUT2D eigenvalue weighted by atomic mass is 10.1. The van der Waals surface area contributed by atoms with Gasteiger partial charge in [0.2, 0.25) is 5.91 Å². The average Bonchev–Trinajstić information content (AvgIpc) is 2.75. The van der Waals surface area contributed by atoms with E-state index in [0.717, 1.165) is 5.56 Å². The minimum Gasteiger partial charge on any atom is -0.462 e. The molecule has 1 aromatic heterocycles. The number of hydrogen-bond donors (Lipinski definition) is 4. The van der Waals surface area contributed by atoms with Crippen LogP contribution in [0.1, 0.15) is 22.8 Å². The molecule has 0 unspecified atom stereocenters. The van der Waals surface area contributed by atoms with Crippen LogP contribution in [0.15, 0.2) is 60.9 Å². The molecule has 0 aliphatic rings. The van der Waals surface area contributed by atoms with E-state index in [4.69, 9.17) is 10.5 Å². The van der Waals surface area contributed by atoms with Crippen molar-refractivity contribution in [2.24, 2.45) is 0 Å². The first kappa shape index (κ1) is 20.6. The van der Waals surface area contributed by atoms with Crippen LogP contribution in [0.3, 0.4) is 0 Å². The number of esters is 1. The lowest BCUT2D eigenvalue weighted by Gasteiger charge is -2.14. The summed E-state index contributed by atoms with van der Waals surface area (Å²) in [6, 6.07) is 16.2. The molecular formula is C21H22N6O3. The summed E-state index contributed by atoms with van der Waals surface area (Å²) in [5, 5.41) is 3.02. The normalized spacial score (nSPS) is 10.2. The number of ether oxygens (including phenoxy) is 1. The minimum atomic E-state index is -0.459. The highest BCUT2D eigenvalue weighted by atomic mass is 16.5. The first-order valence-electron chi connectivity index (χ1n) is 9.31. The molecule has 0 saturated carbocycles. The van der Waals surface area contributed by atoms with Crippen molar-refractivity contribution in [2.75, 3.05) is 23.1 Å². The molecule has 9 nitrogen and oxygen atoms in total. The van der Waals surface area contributed by atoms with E-state index in [0.29, 0.717) is 11.3 Å². The van der Waals surface area contributed by atoms with Gasteiger partial charge in [-0.15, -0.1) is 0 Å². The van der Waals surface area contributed by atoms with Gasteiger partial charge in [0.25, 0.3) is 0 Å². The zero-order valence-electron chi connectivity index (χ0n) is 16.4. The van der Waals surface area contributed by atoms with Crippen LogP contribution in [0.25, 0.3) is 0 Å². The molecule has 1 amide bonds. The fourth-order valence-corrected chi connectivity index (χ4v) is 2.66. The number of hydrazine groups is 1. The molecule has 1 heterocycles. The number of para-hydroxylation sites is 1. The molecule has 30 heavy (non-hydrogen) atoms. The van der Waals surface area contributed by atoms with E-state index < -0.39 is 5.97 Å². The number of nitrogens with zero attached hydrogens (tertiary/aromatic N) is 2. The predicted molar refractivity (Wildman–Crippen MR) is 114 cm³/mol. The van der Waals surface area contributed by atoms with E-state index in [1.807, 2.05) is 30.3 Å². The van der Waals surface area contributed by atoms with Crippen LogP contribution >= 0.6 is 0 Å². The molecule has 0 aliphatic carbocycles. The molecule has 2 aromatic carbocycles. The predicted octanol–water partition coefficient (Wildman–Crippen LogP) is 2.66. The number of nitrogens with two attached hydrogens (primary N) is 1. The van der Waals surface area contributed by atoms with Crippen LogP contribution in [-0.4, -0.2) is 28.5 Å². The van der Waals surface area contributed by atoms with Gasteiger partial charge < -0.3 is 15.8 Å². The molecule has 3 rings (SSSR count). The number of aromatic nitrogens is 2. The summed E-state index contributed by atoms with van der Waals surface area (Å²) < 4.78 is 5.07. The summed E-state index contributed by atoms with van der Waals surface area (Å²) in [6.07, 6.45) is 1.49. The largest absolute Gasteiger partial charge is 0.462 e. The molecule has 154 valence electrons. The maximum Gasteiger partial charge on any atom is 0.340 e. The van der Waals surface area contributed by atoms with Crippen LogP contribution in [-0.2, 0) is 16.0 Å². The number of nitrogens with one attached hydrogen (secondary N) is 3. The fourth-order valence-electron chi connectivity index (χ4n) is 2.66. The lowest BCUT2D eigenvalue weighted by molar-refractivity contribution is -0.119. The molecule has 3 aromatic rings. The van der Waals surface area contributed by atoms with Crippen LogP contribution in [0.4, 0.5) is 23.0 Å². The third-order valence-corrected chi connectivity index (χ3v) is 4.09. The summed E-state index contributed by atoms with van der Waals surface area (Å²) in [4.78, 5) is 32.5. The topological polar surface area (TPSA) is 131 Å². The Labute approximate surface area is 173 Å². The number of hydrogen-bond acceptors (Lipinski definition) is 8. The number of nitrogen functional groups attached to an aromatic ring is 1. The van der Waals surface area contributed by atoms with Crippen LogP contribution in [0.2, 0.25) is 0 Å². The summed E-state index contributed by atoms with van der Waals surface area (Å²) in [6.45, 7) is 2.00. The number of anilines is 4. The Morgan fingerprint density at radius 3 is 2.47 bits per heavy atom. The highest BCUT2D eigenvalue weighted by Gasteiger charge is 2.15. The van der Waals surface area contributed by atoms with Crippen molar-refractivity contribution in [3.63, 3.8) is 0 Å². The summed E-state index contributed by atoms with van der Waals surface area (Å²) >= 11 is 0. The van der Waals surface area contributed by atoms with Gasteiger partial charge in [-0.1, -0.05) is 42.5 Å². The number of benzene rings is 2. The van der Waals surface area contributed by atoms with E-state index >= 15 is 0 Å². The second-order valence-electron chi connectivity index (χ2n) is 6.21. The molecular weight excluding hydrogens is 384 g/mol. The monoisotopic (exact) mass is 406 g/mol. The molecule has 0 radical (unpaired) electrons. The number of rotatable bonds is 8. The first-order chi connectivity index (χ1) is 14.6.